The van der Waals surface area contributed by atoms with Gasteiger partial charge in [0.05, 0.1) is 23.0 Å². The lowest BCUT2D eigenvalue weighted by atomic mass is 10.0. The molecule has 2 atom stereocenters. The van der Waals surface area contributed by atoms with E-state index in [1.807, 2.05) is 12.1 Å². The predicted molar refractivity (Wildman–Crippen MR) is 121 cm³/mol. The highest BCUT2D eigenvalue weighted by atomic mass is 19.4. The molecule has 3 heterocycles. The fourth-order valence-corrected chi connectivity index (χ4v) is 4.14. The van der Waals surface area contributed by atoms with E-state index in [0.717, 1.165) is 16.7 Å². The lowest BCUT2D eigenvalue weighted by Gasteiger charge is -2.08. The number of allylic oxidation sites excluding steroid dienone is 1. The molecular weight excluding hydrogens is 465 g/mol. The normalized spacial score (nSPS) is 18.2. The number of alkyl halides is 3. The van der Waals surface area contributed by atoms with E-state index in [9.17, 15) is 22.8 Å². The van der Waals surface area contributed by atoms with E-state index >= 15 is 0 Å². The largest absolute Gasteiger partial charge is 0.408 e. The van der Waals surface area contributed by atoms with Gasteiger partial charge in [-0.3, -0.25) is 14.5 Å². The molecule has 5 rings (SSSR count). The number of hydrogen-bond donors (Lipinski definition) is 2. The minimum Gasteiger partial charge on any atom is -0.313 e. The zero-order valence-electron chi connectivity index (χ0n) is 18.4. The lowest BCUT2D eigenvalue weighted by Crippen LogP contribution is -2.26. The van der Waals surface area contributed by atoms with Gasteiger partial charge in [0.25, 0.3) is 5.56 Å². The number of hydrogen-bond acceptors (Lipinski definition) is 6. The van der Waals surface area contributed by atoms with Crippen LogP contribution in [-0.2, 0) is 6.54 Å². The maximum absolute atomic E-state index is 12.8. The Morgan fingerprint density at radius 2 is 2.09 bits per heavy atom. The number of aromatic amines is 2. The van der Waals surface area contributed by atoms with Crippen molar-refractivity contribution in [2.75, 3.05) is 0 Å². The van der Waals surface area contributed by atoms with Crippen molar-refractivity contribution in [3.8, 4) is 0 Å². The Hall–Kier alpha value is -4.29. The Bertz CT molecular complexity index is 1590. The molecule has 0 unspecified atom stereocenters. The summed E-state index contributed by atoms with van der Waals surface area (Å²) in [5.74, 6) is 0.597. The number of halogens is 3. The summed E-state index contributed by atoms with van der Waals surface area (Å²) in [6.45, 7) is 4.62. The van der Waals surface area contributed by atoms with Crippen LogP contribution in [0.15, 0.2) is 58.2 Å². The number of aromatic nitrogens is 7. The zero-order chi connectivity index (χ0) is 24.9. The average Bonchev–Trinajstić information content (AvgIpc) is 3.30. The number of fused-ring (bicyclic) bond motifs is 1. The van der Waals surface area contributed by atoms with Crippen LogP contribution in [0.1, 0.15) is 36.2 Å². The topological polar surface area (TPSA) is 127 Å². The zero-order valence-corrected chi connectivity index (χ0v) is 18.4. The Balaban J connectivity index is 1.35. The van der Waals surface area contributed by atoms with Crippen LogP contribution in [0.25, 0.3) is 16.5 Å². The number of nitrogens with one attached hydrogen (secondary N) is 2. The summed E-state index contributed by atoms with van der Waals surface area (Å²) in [4.78, 5) is 33.4. The Kier molecular flexibility index (Phi) is 5.26. The molecule has 0 amide bonds. The highest BCUT2D eigenvalue weighted by molar-refractivity contribution is 5.98. The van der Waals surface area contributed by atoms with Crippen molar-refractivity contribution < 1.29 is 13.2 Å². The summed E-state index contributed by atoms with van der Waals surface area (Å²) in [5.41, 5.74) is 1.40. The lowest BCUT2D eigenvalue weighted by molar-refractivity contribution is -0.141. The highest BCUT2D eigenvalue weighted by Crippen LogP contribution is 2.54. The summed E-state index contributed by atoms with van der Waals surface area (Å²) in [6, 6.07) is 5.31. The van der Waals surface area contributed by atoms with E-state index in [0.29, 0.717) is 28.0 Å². The van der Waals surface area contributed by atoms with Crippen molar-refractivity contribution in [2.45, 2.75) is 32.0 Å². The predicted octanol–water partition coefficient (Wildman–Crippen LogP) is 2.66. The standard InChI is InChI=1S/C22H19F3N8O2/c1-11(19-27-10-29-33(19)31-12(2)17-8-26-21(35)30-20(17)34)15-6-16(15)13-3-4-18-14(5-13)7-28-32(18)9-22(23,24)25/h3-5,7-8,10,15-16H,1,6,9H2,2H3,(H2,26,30,34,35)/b31-12+/t15-,16-/m1/s1. The van der Waals surface area contributed by atoms with Gasteiger partial charge in [-0.1, -0.05) is 12.6 Å². The molecule has 13 heteroatoms. The van der Waals surface area contributed by atoms with Crippen LogP contribution in [0.5, 0.6) is 0 Å². The summed E-state index contributed by atoms with van der Waals surface area (Å²) in [6.07, 6.45) is 0.473. The SMILES string of the molecule is C=C(c1ncnn1/N=C(\C)c1c[nH]c(=O)[nH]c1=O)[C@H]1C[C@@H]1c1ccc2c(cnn2CC(F)(F)F)c1. The van der Waals surface area contributed by atoms with Gasteiger partial charge >= 0.3 is 11.9 Å². The second-order valence-corrected chi connectivity index (χ2v) is 8.35. The molecule has 1 saturated carbocycles. The first kappa shape index (κ1) is 22.5. The van der Waals surface area contributed by atoms with Crippen LogP contribution in [0.2, 0.25) is 0 Å². The molecule has 35 heavy (non-hydrogen) atoms. The van der Waals surface area contributed by atoms with E-state index in [-0.39, 0.29) is 17.4 Å². The van der Waals surface area contributed by atoms with Gasteiger partial charge in [0, 0.05) is 11.6 Å². The van der Waals surface area contributed by atoms with Crippen LogP contribution in [0.3, 0.4) is 0 Å². The van der Waals surface area contributed by atoms with Crippen molar-refractivity contribution in [2.24, 2.45) is 11.0 Å². The van der Waals surface area contributed by atoms with Gasteiger partial charge in [0.15, 0.2) is 5.82 Å². The van der Waals surface area contributed by atoms with E-state index < -0.39 is 24.0 Å². The number of nitrogens with zero attached hydrogens (tertiary/aromatic N) is 6. The minimum atomic E-state index is -4.35. The molecule has 3 aromatic heterocycles. The number of benzene rings is 1. The molecule has 0 radical (unpaired) electrons. The molecule has 2 N–H and O–H groups in total. The molecule has 0 aliphatic heterocycles. The Morgan fingerprint density at radius 3 is 2.83 bits per heavy atom. The fourth-order valence-electron chi connectivity index (χ4n) is 4.14. The third-order valence-corrected chi connectivity index (χ3v) is 5.93. The number of rotatable bonds is 6. The summed E-state index contributed by atoms with van der Waals surface area (Å²) < 4.78 is 39.2. The van der Waals surface area contributed by atoms with Crippen LogP contribution in [0.4, 0.5) is 13.2 Å². The second kappa shape index (κ2) is 8.18. The van der Waals surface area contributed by atoms with Gasteiger partial charge in [0.1, 0.15) is 12.9 Å². The quantitative estimate of drug-likeness (QED) is 0.407. The van der Waals surface area contributed by atoms with Gasteiger partial charge in [-0.25, -0.2) is 9.78 Å². The first-order valence-electron chi connectivity index (χ1n) is 10.6. The van der Waals surface area contributed by atoms with Crippen LogP contribution < -0.4 is 11.2 Å². The molecule has 0 saturated heterocycles. The van der Waals surface area contributed by atoms with E-state index in [4.69, 9.17) is 0 Å². The third-order valence-electron chi connectivity index (χ3n) is 5.93. The van der Waals surface area contributed by atoms with Crippen LogP contribution in [0, 0.1) is 5.92 Å². The summed E-state index contributed by atoms with van der Waals surface area (Å²) in [5, 5.41) is 12.9. The maximum Gasteiger partial charge on any atom is 0.408 e. The first-order chi connectivity index (χ1) is 16.6. The average molecular weight is 484 g/mol. The van der Waals surface area contributed by atoms with Crippen molar-refractivity contribution >= 4 is 22.2 Å². The van der Waals surface area contributed by atoms with Gasteiger partial charge in [-0.15, -0.1) is 9.89 Å². The molecule has 4 aromatic rings. The van der Waals surface area contributed by atoms with Crippen molar-refractivity contribution in [1.29, 1.82) is 0 Å². The highest BCUT2D eigenvalue weighted by Gasteiger charge is 2.42. The van der Waals surface area contributed by atoms with E-state index in [1.54, 1.807) is 13.0 Å². The van der Waals surface area contributed by atoms with Crippen molar-refractivity contribution in [1.82, 2.24) is 34.6 Å². The molecule has 1 fully saturated rings. The maximum atomic E-state index is 12.8. The molecule has 1 aromatic carbocycles. The van der Waals surface area contributed by atoms with Crippen molar-refractivity contribution in [3.05, 3.63) is 81.3 Å². The molecule has 1 aliphatic rings. The van der Waals surface area contributed by atoms with Gasteiger partial charge in [0.2, 0.25) is 0 Å². The molecular formula is C22H19F3N8O2. The van der Waals surface area contributed by atoms with Crippen molar-refractivity contribution in [3.63, 3.8) is 0 Å². The van der Waals surface area contributed by atoms with E-state index in [2.05, 4.69) is 36.8 Å². The van der Waals surface area contributed by atoms with Crippen LogP contribution >= 0.6 is 0 Å². The molecule has 1 aliphatic carbocycles. The first-order valence-corrected chi connectivity index (χ1v) is 10.6. The minimum absolute atomic E-state index is 0.0487. The van der Waals surface area contributed by atoms with Crippen LogP contribution in [-0.4, -0.2) is 46.5 Å². The van der Waals surface area contributed by atoms with Gasteiger partial charge < -0.3 is 4.98 Å². The summed E-state index contributed by atoms with van der Waals surface area (Å²) in [7, 11) is 0. The Labute approximate surface area is 194 Å². The monoisotopic (exact) mass is 484 g/mol. The Morgan fingerprint density at radius 1 is 1.29 bits per heavy atom. The van der Waals surface area contributed by atoms with Gasteiger partial charge in [-0.05, 0) is 48.4 Å². The van der Waals surface area contributed by atoms with E-state index in [1.165, 1.54) is 23.5 Å². The smallest absolute Gasteiger partial charge is 0.313 e. The third kappa shape index (κ3) is 4.44. The number of H-pyrrole nitrogens is 2. The molecule has 0 spiro atoms. The fraction of sp³-hybridized carbons (Fsp3) is 0.273. The summed E-state index contributed by atoms with van der Waals surface area (Å²) >= 11 is 0. The second-order valence-electron chi connectivity index (χ2n) is 8.35. The molecule has 10 nitrogen and oxygen atoms in total. The molecule has 0 bridgehead atoms. The van der Waals surface area contributed by atoms with Gasteiger partial charge in [-0.2, -0.15) is 23.4 Å². The molecule has 180 valence electrons.